The molecule has 0 aromatic rings. The Morgan fingerprint density at radius 3 is 2.92 bits per heavy atom. The van der Waals surface area contributed by atoms with Gasteiger partial charge in [-0.3, -0.25) is 4.79 Å². The molecule has 13 heavy (non-hydrogen) atoms. The molecule has 0 aromatic carbocycles. The van der Waals surface area contributed by atoms with Crippen molar-refractivity contribution < 1.29 is 14.6 Å². The molecular formula is C9H17NO3. The first-order chi connectivity index (χ1) is 6.08. The zero-order valence-corrected chi connectivity index (χ0v) is 8.17. The minimum atomic E-state index is -0.757. The molecule has 1 fully saturated rings. The summed E-state index contributed by atoms with van der Waals surface area (Å²) in [5.74, 6) is -0.325. The monoisotopic (exact) mass is 187 g/mol. The number of rotatable bonds is 4. The Kier molecular flexibility index (Phi) is 3.27. The van der Waals surface area contributed by atoms with Crippen molar-refractivity contribution in [1.82, 2.24) is 5.32 Å². The number of carbonyl (C=O) groups is 1. The van der Waals surface area contributed by atoms with Crippen LogP contribution in [0.1, 0.15) is 19.8 Å². The number of methoxy groups -OCH3 is 1. The molecule has 1 saturated heterocycles. The second kappa shape index (κ2) is 4.07. The predicted octanol–water partition coefficient (Wildman–Crippen LogP) is 0.476. The van der Waals surface area contributed by atoms with Crippen molar-refractivity contribution in [3.8, 4) is 0 Å². The summed E-state index contributed by atoms with van der Waals surface area (Å²) >= 11 is 0. The molecule has 0 aromatic heterocycles. The summed E-state index contributed by atoms with van der Waals surface area (Å²) in [7, 11) is 1.67. The molecular weight excluding hydrogens is 170 g/mol. The Hall–Kier alpha value is -0.610. The number of carboxylic acid groups (broad SMARTS) is 1. The van der Waals surface area contributed by atoms with Crippen molar-refractivity contribution in [2.24, 2.45) is 5.92 Å². The fourth-order valence-electron chi connectivity index (χ4n) is 1.74. The average molecular weight is 187 g/mol. The van der Waals surface area contributed by atoms with E-state index < -0.39 is 11.5 Å². The van der Waals surface area contributed by atoms with Gasteiger partial charge in [-0.05, 0) is 32.2 Å². The second-order valence-corrected chi connectivity index (χ2v) is 3.87. The minimum Gasteiger partial charge on any atom is -0.480 e. The summed E-state index contributed by atoms with van der Waals surface area (Å²) in [6, 6.07) is 0. The summed E-state index contributed by atoms with van der Waals surface area (Å²) in [6.07, 6.45) is 1.64. The highest BCUT2D eigenvalue weighted by Gasteiger charge is 2.40. The second-order valence-electron chi connectivity index (χ2n) is 3.87. The number of aliphatic carboxylic acids is 1. The molecule has 2 unspecified atom stereocenters. The Labute approximate surface area is 78.3 Å². The van der Waals surface area contributed by atoms with Gasteiger partial charge in [0, 0.05) is 13.7 Å². The van der Waals surface area contributed by atoms with E-state index in [-0.39, 0.29) is 0 Å². The lowest BCUT2D eigenvalue weighted by molar-refractivity contribution is -0.143. The molecule has 0 amide bonds. The first-order valence-corrected chi connectivity index (χ1v) is 4.56. The van der Waals surface area contributed by atoms with Crippen LogP contribution in [0.2, 0.25) is 0 Å². The molecule has 2 N–H and O–H groups in total. The fraction of sp³-hybridized carbons (Fsp3) is 0.889. The zero-order chi connectivity index (χ0) is 9.90. The quantitative estimate of drug-likeness (QED) is 0.672. The van der Waals surface area contributed by atoms with Gasteiger partial charge < -0.3 is 15.2 Å². The van der Waals surface area contributed by atoms with E-state index >= 15 is 0 Å². The number of hydrogen-bond donors (Lipinski definition) is 2. The minimum absolute atomic E-state index is 0.432. The van der Waals surface area contributed by atoms with E-state index in [9.17, 15) is 4.79 Å². The van der Waals surface area contributed by atoms with E-state index in [0.29, 0.717) is 18.9 Å². The van der Waals surface area contributed by atoms with Gasteiger partial charge in [-0.1, -0.05) is 0 Å². The molecule has 4 heteroatoms. The van der Waals surface area contributed by atoms with Gasteiger partial charge >= 0.3 is 5.97 Å². The Balaban J connectivity index is 2.39. The van der Waals surface area contributed by atoms with Gasteiger partial charge in [-0.25, -0.2) is 0 Å². The summed E-state index contributed by atoms with van der Waals surface area (Å²) < 4.78 is 4.96. The number of carboxylic acids is 1. The molecule has 2 atom stereocenters. The maximum absolute atomic E-state index is 10.8. The van der Waals surface area contributed by atoms with Crippen LogP contribution in [-0.2, 0) is 9.53 Å². The van der Waals surface area contributed by atoms with E-state index in [1.807, 2.05) is 0 Å². The Bertz CT molecular complexity index is 195. The molecule has 1 heterocycles. The first kappa shape index (κ1) is 10.5. The predicted molar refractivity (Wildman–Crippen MR) is 48.6 cm³/mol. The third kappa shape index (κ3) is 2.42. The van der Waals surface area contributed by atoms with Crippen LogP contribution in [0.25, 0.3) is 0 Å². The topological polar surface area (TPSA) is 58.6 Å². The van der Waals surface area contributed by atoms with Crippen molar-refractivity contribution in [3.63, 3.8) is 0 Å². The number of nitrogens with one attached hydrogen (secondary N) is 1. The molecule has 0 spiro atoms. The van der Waals surface area contributed by atoms with Gasteiger partial charge in [0.15, 0.2) is 0 Å². The lowest BCUT2D eigenvalue weighted by Gasteiger charge is -2.18. The average Bonchev–Trinajstić information content (AvgIpc) is 2.45. The first-order valence-electron chi connectivity index (χ1n) is 4.56. The lowest BCUT2D eigenvalue weighted by Crippen LogP contribution is -2.44. The highest BCUT2D eigenvalue weighted by molar-refractivity contribution is 5.78. The van der Waals surface area contributed by atoms with Gasteiger partial charge in [0.05, 0.1) is 0 Å². The van der Waals surface area contributed by atoms with E-state index in [2.05, 4.69) is 5.32 Å². The van der Waals surface area contributed by atoms with Gasteiger partial charge in [-0.2, -0.15) is 0 Å². The summed E-state index contributed by atoms with van der Waals surface area (Å²) in [5.41, 5.74) is -0.724. The molecule has 76 valence electrons. The molecule has 0 radical (unpaired) electrons. The number of hydrogen-bond acceptors (Lipinski definition) is 3. The van der Waals surface area contributed by atoms with Crippen molar-refractivity contribution in [2.45, 2.75) is 25.3 Å². The van der Waals surface area contributed by atoms with Crippen molar-refractivity contribution in [1.29, 1.82) is 0 Å². The van der Waals surface area contributed by atoms with Crippen LogP contribution in [0.15, 0.2) is 0 Å². The maximum atomic E-state index is 10.8. The third-order valence-electron chi connectivity index (χ3n) is 2.68. The SMILES string of the molecule is COCCC1CNC(C)(C(=O)O)C1. The summed E-state index contributed by atoms with van der Waals surface area (Å²) in [6.45, 7) is 3.23. The smallest absolute Gasteiger partial charge is 0.323 e. The van der Waals surface area contributed by atoms with Crippen LogP contribution >= 0.6 is 0 Å². The van der Waals surface area contributed by atoms with Gasteiger partial charge in [0.2, 0.25) is 0 Å². The summed E-state index contributed by atoms with van der Waals surface area (Å²) in [5, 5.41) is 12.0. The fourth-order valence-corrected chi connectivity index (χ4v) is 1.74. The van der Waals surface area contributed by atoms with Crippen LogP contribution in [0.3, 0.4) is 0 Å². The van der Waals surface area contributed by atoms with E-state index in [1.165, 1.54) is 0 Å². The van der Waals surface area contributed by atoms with E-state index in [4.69, 9.17) is 9.84 Å². The van der Waals surface area contributed by atoms with Crippen molar-refractivity contribution in [2.75, 3.05) is 20.3 Å². The van der Waals surface area contributed by atoms with Crippen LogP contribution in [-0.4, -0.2) is 36.9 Å². The third-order valence-corrected chi connectivity index (χ3v) is 2.68. The van der Waals surface area contributed by atoms with E-state index in [0.717, 1.165) is 13.0 Å². The molecule has 1 aliphatic rings. The van der Waals surface area contributed by atoms with Gasteiger partial charge in [-0.15, -0.1) is 0 Å². The molecule has 4 nitrogen and oxygen atoms in total. The van der Waals surface area contributed by atoms with Crippen molar-refractivity contribution in [3.05, 3.63) is 0 Å². The van der Waals surface area contributed by atoms with E-state index in [1.54, 1.807) is 14.0 Å². The summed E-state index contributed by atoms with van der Waals surface area (Å²) in [4.78, 5) is 10.8. The van der Waals surface area contributed by atoms with Crippen LogP contribution in [0.5, 0.6) is 0 Å². The maximum Gasteiger partial charge on any atom is 0.323 e. The van der Waals surface area contributed by atoms with Crippen molar-refractivity contribution >= 4 is 5.97 Å². The largest absolute Gasteiger partial charge is 0.480 e. The van der Waals surface area contributed by atoms with Gasteiger partial charge in [0.25, 0.3) is 0 Å². The van der Waals surface area contributed by atoms with Crippen LogP contribution < -0.4 is 5.32 Å². The molecule has 0 aliphatic carbocycles. The Morgan fingerprint density at radius 1 is 1.77 bits per heavy atom. The zero-order valence-electron chi connectivity index (χ0n) is 8.17. The molecule has 0 saturated carbocycles. The highest BCUT2D eigenvalue weighted by Crippen LogP contribution is 2.26. The number of ether oxygens (including phenoxy) is 1. The Morgan fingerprint density at radius 2 is 2.46 bits per heavy atom. The molecule has 0 bridgehead atoms. The lowest BCUT2D eigenvalue weighted by atomic mass is 9.93. The highest BCUT2D eigenvalue weighted by atomic mass is 16.5. The van der Waals surface area contributed by atoms with Crippen LogP contribution in [0.4, 0.5) is 0 Å². The van der Waals surface area contributed by atoms with Crippen LogP contribution in [0, 0.1) is 5.92 Å². The normalized spacial score (nSPS) is 33.5. The molecule has 1 rings (SSSR count). The standard InChI is InChI=1S/C9H17NO3/c1-9(8(11)12)5-7(6-10-9)3-4-13-2/h7,10H,3-6H2,1-2H3,(H,11,12). The molecule has 1 aliphatic heterocycles. The van der Waals surface area contributed by atoms with Gasteiger partial charge in [0.1, 0.15) is 5.54 Å².